The van der Waals surface area contributed by atoms with Crippen molar-refractivity contribution in [2.24, 2.45) is 0 Å². The van der Waals surface area contributed by atoms with Crippen LogP contribution in [-0.4, -0.2) is 23.9 Å². The highest BCUT2D eigenvalue weighted by Crippen LogP contribution is 2.25. The van der Waals surface area contributed by atoms with Crippen molar-refractivity contribution in [1.82, 2.24) is 19.8 Å². The summed E-state index contributed by atoms with van der Waals surface area (Å²) in [6.07, 6.45) is 1.55. The highest BCUT2D eigenvalue weighted by atomic mass is 32.2. The number of aryl methyl sites for hydroxylation is 2. The van der Waals surface area contributed by atoms with Crippen LogP contribution in [0.3, 0.4) is 0 Å². The van der Waals surface area contributed by atoms with Gasteiger partial charge in [-0.15, -0.1) is 4.83 Å². The lowest BCUT2D eigenvalue weighted by Gasteiger charge is -2.16. The second-order valence-corrected chi connectivity index (χ2v) is 8.22. The summed E-state index contributed by atoms with van der Waals surface area (Å²) in [5.74, 6) is -0.485. The van der Waals surface area contributed by atoms with Crippen molar-refractivity contribution in [2.75, 3.05) is 0 Å². The molecule has 27 heavy (non-hydrogen) atoms. The third kappa shape index (κ3) is 3.72. The zero-order chi connectivity index (χ0) is 19.8. The molecule has 1 heterocycles. The predicted octanol–water partition coefficient (Wildman–Crippen LogP) is 2.28. The number of fused-ring (bicyclic) bond motifs is 1. The topological polar surface area (TPSA) is 93.1 Å². The Labute approximate surface area is 158 Å². The molecule has 0 bridgehead atoms. The number of nitrogens with zero attached hydrogens (tertiary/aromatic N) is 2. The summed E-state index contributed by atoms with van der Waals surface area (Å²) in [5.41, 5.74) is 6.97. The van der Waals surface area contributed by atoms with Gasteiger partial charge in [0.25, 0.3) is 15.9 Å². The minimum Gasteiger partial charge on any atom is -0.321 e. The molecule has 0 radical (unpaired) electrons. The summed E-state index contributed by atoms with van der Waals surface area (Å²) in [7, 11) is -3.89. The maximum absolute atomic E-state index is 12.8. The average molecular weight is 386 g/mol. The Balaban J connectivity index is 1.77. The van der Waals surface area contributed by atoms with Crippen LogP contribution in [0, 0.1) is 27.7 Å². The lowest BCUT2D eigenvalue weighted by Crippen LogP contribution is -2.43. The Morgan fingerprint density at radius 3 is 2.37 bits per heavy atom. The quantitative estimate of drug-likeness (QED) is 0.658. The number of benzene rings is 2. The number of imidazole rings is 1. The summed E-state index contributed by atoms with van der Waals surface area (Å²) >= 11 is 0. The Bertz CT molecular complexity index is 1110. The Morgan fingerprint density at radius 2 is 1.70 bits per heavy atom. The molecule has 0 fully saturated rings. The molecule has 1 aromatic heterocycles. The number of carbonyl (C=O) groups excluding carboxylic acids is 1. The third-order valence-electron chi connectivity index (χ3n) is 4.73. The highest BCUT2D eigenvalue weighted by Gasteiger charge is 2.22. The Morgan fingerprint density at radius 1 is 1.07 bits per heavy atom. The van der Waals surface area contributed by atoms with Gasteiger partial charge >= 0.3 is 0 Å². The summed E-state index contributed by atoms with van der Waals surface area (Å²) in [5, 5.41) is 0. The first-order chi connectivity index (χ1) is 12.7. The number of nitrogens with one attached hydrogen (secondary N) is 2. The number of para-hydroxylation sites is 2. The molecule has 3 aromatic rings. The van der Waals surface area contributed by atoms with Crippen molar-refractivity contribution in [1.29, 1.82) is 0 Å². The van der Waals surface area contributed by atoms with E-state index in [4.69, 9.17) is 0 Å². The van der Waals surface area contributed by atoms with Crippen molar-refractivity contribution in [3.8, 4) is 0 Å². The number of hydrogen-bond acceptors (Lipinski definition) is 4. The minimum absolute atomic E-state index is 0.0478. The molecular weight excluding hydrogens is 364 g/mol. The Kier molecular flexibility index (Phi) is 5.03. The van der Waals surface area contributed by atoms with E-state index < -0.39 is 15.9 Å². The van der Waals surface area contributed by atoms with E-state index in [0.717, 1.165) is 22.2 Å². The summed E-state index contributed by atoms with van der Waals surface area (Å²) in [4.78, 5) is 18.9. The van der Waals surface area contributed by atoms with Crippen LogP contribution in [0.5, 0.6) is 0 Å². The summed E-state index contributed by atoms with van der Waals surface area (Å²) in [6.45, 7) is 7.20. The first-order valence-electron chi connectivity index (χ1n) is 8.48. The largest absolute Gasteiger partial charge is 0.321 e. The van der Waals surface area contributed by atoms with Crippen LogP contribution >= 0.6 is 0 Å². The van der Waals surface area contributed by atoms with Gasteiger partial charge in [-0.3, -0.25) is 10.2 Å². The molecule has 0 aliphatic rings. The van der Waals surface area contributed by atoms with Gasteiger partial charge in [0.1, 0.15) is 6.54 Å². The SMILES string of the molecule is Cc1cc(C)c(C)c(S(=O)(=O)NNC(=O)Cn2cnc3ccccc32)c1C. The molecular formula is C19H22N4O3S. The first kappa shape index (κ1) is 19.1. The van der Waals surface area contributed by atoms with Gasteiger partial charge in [0, 0.05) is 0 Å². The normalized spacial score (nSPS) is 11.7. The van der Waals surface area contributed by atoms with Crippen LogP contribution in [0.25, 0.3) is 11.0 Å². The number of hydrazine groups is 1. The van der Waals surface area contributed by atoms with Crippen LogP contribution < -0.4 is 10.3 Å². The van der Waals surface area contributed by atoms with E-state index in [1.165, 1.54) is 0 Å². The molecule has 2 aromatic carbocycles. The van der Waals surface area contributed by atoms with Crippen molar-refractivity contribution >= 4 is 27.0 Å². The van der Waals surface area contributed by atoms with E-state index >= 15 is 0 Å². The van der Waals surface area contributed by atoms with Crippen molar-refractivity contribution in [3.63, 3.8) is 0 Å². The lowest BCUT2D eigenvalue weighted by molar-refractivity contribution is -0.122. The van der Waals surface area contributed by atoms with E-state index in [1.807, 2.05) is 44.2 Å². The number of sulfonamides is 1. The highest BCUT2D eigenvalue weighted by molar-refractivity contribution is 7.89. The van der Waals surface area contributed by atoms with Crippen molar-refractivity contribution in [2.45, 2.75) is 39.1 Å². The predicted molar refractivity (Wildman–Crippen MR) is 104 cm³/mol. The zero-order valence-corrected chi connectivity index (χ0v) is 16.5. The zero-order valence-electron chi connectivity index (χ0n) is 15.7. The number of amides is 1. The molecule has 0 aliphatic carbocycles. The molecule has 0 atom stereocenters. The van der Waals surface area contributed by atoms with Gasteiger partial charge < -0.3 is 4.57 Å². The number of aromatic nitrogens is 2. The van der Waals surface area contributed by atoms with E-state index in [1.54, 1.807) is 24.7 Å². The van der Waals surface area contributed by atoms with E-state index in [9.17, 15) is 13.2 Å². The summed E-state index contributed by atoms with van der Waals surface area (Å²) in [6, 6.07) is 9.36. The molecule has 142 valence electrons. The smallest absolute Gasteiger partial charge is 0.257 e. The molecule has 8 heteroatoms. The molecule has 0 spiro atoms. The van der Waals surface area contributed by atoms with Crippen LogP contribution in [0.1, 0.15) is 22.3 Å². The number of carbonyl (C=O) groups is 1. The second-order valence-electron chi connectivity index (χ2n) is 6.60. The lowest BCUT2D eigenvalue weighted by atomic mass is 10.0. The summed E-state index contributed by atoms with van der Waals surface area (Å²) < 4.78 is 27.2. The first-order valence-corrected chi connectivity index (χ1v) is 9.97. The number of hydrogen-bond donors (Lipinski definition) is 2. The minimum atomic E-state index is -3.89. The standard InChI is InChI=1S/C19H22N4O3S/c1-12-9-13(2)15(4)19(14(12)3)27(25,26)22-21-18(24)10-23-11-20-16-7-5-6-8-17(16)23/h5-9,11,22H,10H2,1-4H3,(H,21,24). The molecule has 1 amide bonds. The van der Waals surface area contributed by atoms with E-state index in [0.29, 0.717) is 11.1 Å². The average Bonchev–Trinajstić information content (AvgIpc) is 3.01. The molecule has 3 rings (SSSR count). The maximum Gasteiger partial charge on any atom is 0.257 e. The van der Waals surface area contributed by atoms with Gasteiger partial charge in [0.05, 0.1) is 22.3 Å². The van der Waals surface area contributed by atoms with E-state index in [-0.39, 0.29) is 11.4 Å². The van der Waals surface area contributed by atoms with Gasteiger partial charge in [0.15, 0.2) is 0 Å². The maximum atomic E-state index is 12.8. The van der Waals surface area contributed by atoms with Crippen LogP contribution in [0.2, 0.25) is 0 Å². The molecule has 0 saturated heterocycles. The fourth-order valence-corrected chi connectivity index (χ4v) is 4.57. The molecule has 7 nitrogen and oxygen atoms in total. The van der Waals surface area contributed by atoms with Gasteiger partial charge in [-0.05, 0) is 62.1 Å². The Hall–Kier alpha value is -2.71. The van der Waals surface area contributed by atoms with Gasteiger partial charge in [-0.1, -0.05) is 18.2 Å². The molecule has 0 saturated carbocycles. The third-order valence-corrected chi connectivity index (χ3v) is 6.25. The van der Waals surface area contributed by atoms with Crippen molar-refractivity contribution in [3.05, 3.63) is 58.9 Å². The van der Waals surface area contributed by atoms with Gasteiger partial charge in [-0.2, -0.15) is 0 Å². The van der Waals surface area contributed by atoms with Crippen LogP contribution in [-0.2, 0) is 21.4 Å². The fourth-order valence-electron chi connectivity index (χ4n) is 3.09. The molecule has 0 aliphatic heterocycles. The monoisotopic (exact) mass is 386 g/mol. The van der Waals surface area contributed by atoms with Gasteiger partial charge in [-0.25, -0.2) is 13.4 Å². The van der Waals surface area contributed by atoms with Crippen LogP contribution in [0.15, 0.2) is 41.6 Å². The number of rotatable bonds is 5. The molecule has 0 unspecified atom stereocenters. The van der Waals surface area contributed by atoms with Gasteiger partial charge in [0.2, 0.25) is 0 Å². The molecule has 2 N–H and O–H groups in total. The fraction of sp³-hybridized carbons (Fsp3) is 0.263. The van der Waals surface area contributed by atoms with E-state index in [2.05, 4.69) is 15.2 Å². The second kappa shape index (κ2) is 7.13. The van der Waals surface area contributed by atoms with Crippen molar-refractivity contribution < 1.29 is 13.2 Å². The van der Waals surface area contributed by atoms with Crippen LogP contribution in [0.4, 0.5) is 0 Å².